The molecule has 2 rings (SSSR count). The summed E-state index contributed by atoms with van der Waals surface area (Å²) >= 11 is 1.49. The fraction of sp³-hybridized carbons (Fsp3) is 0.250. The molecule has 0 unspecified atom stereocenters. The predicted octanol–water partition coefficient (Wildman–Crippen LogP) is 1.15. The van der Waals surface area contributed by atoms with Crippen LogP contribution in [0.4, 0.5) is 0 Å². The van der Waals surface area contributed by atoms with Crippen molar-refractivity contribution in [3.63, 3.8) is 0 Å². The molecule has 0 aliphatic heterocycles. The topological polar surface area (TPSA) is 122 Å². The number of carbonyl (C=O) groups is 3. The lowest BCUT2D eigenvalue weighted by Crippen LogP contribution is -2.50. The van der Waals surface area contributed by atoms with Crippen LogP contribution in [0, 0.1) is 0 Å². The van der Waals surface area contributed by atoms with E-state index in [1.54, 1.807) is 0 Å². The summed E-state index contributed by atoms with van der Waals surface area (Å²) < 4.78 is 0. The number of nitrogens with one attached hydrogen (secondary N) is 2. The van der Waals surface area contributed by atoms with Gasteiger partial charge in [0, 0.05) is 5.75 Å². The average Bonchev–Trinajstić information content (AvgIpc) is 2.72. The number of amides is 2. The molecule has 7 nitrogen and oxygen atoms in total. The number of carbonyl (C=O) groups excluding carboxylic acids is 2. The number of thioether (sulfide) groups is 1. The Morgan fingerprint density at radius 1 is 0.964 bits per heavy atom. The van der Waals surface area contributed by atoms with Crippen molar-refractivity contribution in [3.05, 3.63) is 71.8 Å². The van der Waals surface area contributed by atoms with Crippen molar-refractivity contribution in [2.24, 2.45) is 5.73 Å². The summed E-state index contributed by atoms with van der Waals surface area (Å²) in [5, 5.41) is 13.6. The predicted molar refractivity (Wildman–Crippen MR) is 109 cm³/mol. The molecule has 0 radical (unpaired) electrons. The fourth-order valence-corrected chi connectivity index (χ4v) is 3.87. The first-order valence-electron chi connectivity index (χ1n) is 8.71. The summed E-state index contributed by atoms with van der Waals surface area (Å²) in [5.74, 6) is -1.94. The Bertz CT molecular complexity index is 747. The molecular weight excluding hydrogens is 378 g/mol. The molecule has 0 bridgehead atoms. The van der Waals surface area contributed by atoms with Crippen LogP contribution in [0.1, 0.15) is 16.4 Å². The molecular formula is C20H23N3O4S. The van der Waals surface area contributed by atoms with Crippen LogP contribution < -0.4 is 16.4 Å². The van der Waals surface area contributed by atoms with Gasteiger partial charge in [-0.05, 0) is 11.1 Å². The van der Waals surface area contributed by atoms with Gasteiger partial charge in [-0.25, -0.2) is 0 Å². The van der Waals surface area contributed by atoms with E-state index in [1.807, 2.05) is 60.7 Å². The van der Waals surface area contributed by atoms with Crippen molar-refractivity contribution in [1.29, 1.82) is 0 Å². The van der Waals surface area contributed by atoms with Crippen molar-refractivity contribution >= 4 is 29.5 Å². The summed E-state index contributed by atoms with van der Waals surface area (Å²) in [5.41, 5.74) is 7.46. The second-order valence-electron chi connectivity index (χ2n) is 5.97. The first-order valence-corrected chi connectivity index (χ1v) is 9.76. The lowest BCUT2D eigenvalue weighted by atomic mass is 10.0. The number of benzene rings is 2. The van der Waals surface area contributed by atoms with E-state index in [0.29, 0.717) is 0 Å². The van der Waals surface area contributed by atoms with Crippen LogP contribution in [0.25, 0.3) is 0 Å². The summed E-state index contributed by atoms with van der Waals surface area (Å²) in [4.78, 5) is 34.8. The van der Waals surface area contributed by atoms with E-state index in [2.05, 4.69) is 10.6 Å². The Labute approximate surface area is 167 Å². The standard InChI is InChI=1S/C20H23N3O4S/c21-11-17(24)23-16(20(27)22-12-18(25)26)13-28-19(14-7-3-1-4-8-14)15-9-5-2-6-10-15/h1-10,16,19H,11-13,21H2,(H,22,27)(H,23,24)(H,25,26)/t16-/m1/s1. The van der Waals surface area contributed by atoms with Gasteiger partial charge in [0.1, 0.15) is 12.6 Å². The number of aliphatic carboxylic acids is 1. The number of carboxylic acid groups (broad SMARTS) is 1. The SMILES string of the molecule is NCC(=O)N[C@H](CSC(c1ccccc1)c1ccccc1)C(=O)NCC(=O)O. The highest BCUT2D eigenvalue weighted by atomic mass is 32.2. The Hall–Kier alpha value is -2.84. The van der Waals surface area contributed by atoms with Gasteiger partial charge in [-0.15, -0.1) is 11.8 Å². The van der Waals surface area contributed by atoms with Crippen LogP contribution in [-0.4, -0.2) is 47.8 Å². The Morgan fingerprint density at radius 2 is 1.50 bits per heavy atom. The van der Waals surface area contributed by atoms with E-state index in [9.17, 15) is 14.4 Å². The number of hydrogen-bond acceptors (Lipinski definition) is 5. The quantitative estimate of drug-likeness (QED) is 0.474. The van der Waals surface area contributed by atoms with Crippen molar-refractivity contribution in [1.82, 2.24) is 10.6 Å². The van der Waals surface area contributed by atoms with E-state index in [-0.39, 0.29) is 17.5 Å². The molecule has 1 atom stereocenters. The highest BCUT2D eigenvalue weighted by molar-refractivity contribution is 7.99. The van der Waals surface area contributed by atoms with Gasteiger partial charge in [0.05, 0.1) is 11.8 Å². The zero-order valence-electron chi connectivity index (χ0n) is 15.2. The highest BCUT2D eigenvalue weighted by Crippen LogP contribution is 2.35. The molecule has 0 aromatic heterocycles. The molecule has 8 heteroatoms. The summed E-state index contributed by atoms with van der Waals surface area (Å²) in [7, 11) is 0. The lowest BCUT2D eigenvalue weighted by molar-refractivity contribution is -0.138. The molecule has 0 saturated carbocycles. The maximum atomic E-state index is 12.3. The van der Waals surface area contributed by atoms with Crippen molar-refractivity contribution < 1.29 is 19.5 Å². The van der Waals surface area contributed by atoms with E-state index >= 15 is 0 Å². The first kappa shape index (κ1) is 21.5. The smallest absolute Gasteiger partial charge is 0.322 e. The van der Waals surface area contributed by atoms with Gasteiger partial charge in [-0.2, -0.15) is 0 Å². The van der Waals surface area contributed by atoms with Gasteiger partial charge in [0.15, 0.2) is 0 Å². The van der Waals surface area contributed by atoms with Gasteiger partial charge in [-0.1, -0.05) is 60.7 Å². The van der Waals surface area contributed by atoms with E-state index in [1.165, 1.54) is 11.8 Å². The molecule has 2 aromatic rings. The van der Waals surface area contributed by atoms with Gasteiger partial charge in [0.25, 0.3) is 0 Å². The second kappa shape index (κ2) is 11.1. The van der Waals surface area contributed by atoms with Crippen LogP contribution in [0.5, 0.6) is 0 Å². The molecule has 0 aliphatic rings. The monoisotopic (exact) mass is 401 g/mol. The van der Waals surface area contributed by atoms with Crippen molar-refractivity contribution in [2.45, 2.75) is 11.3 Å². The van der Waals surface area contributed by atoms with Crippen molar-refractivity contribution in [3.8, 4) is 0 Å². The number of nitrogens with two attached hydrogens (primary N) is 1. The highest BCUT2D eigenvalue weighted by Gasteiger charge is 2.24. The van der Waals surface area contributed by atoms with Crippen LogP contribution >= 0.6 is 11.8 Å². The molecule has 0 heterocycles. The summed E-state index contributed by atoms with van der Waals surface area (Å²) in [6.07, 6.45) is 0. The Morgan fingerprint density at radius 3 is 1.96 bits per heavy atom. The Balaban J connectivity index is 2.16. The van der Waals surface area contributed by atoms with Gasteiger partial charge in [0.2, 0.25) is 11.8 Å². The lowest BCUT2D eigenvalue weighted by Gasteiger charge is -2.22. The molecule has 0 spiro atoms. The van der Waals surface area contributed by atoms with Crippen LogP contribution in [0.15, 0.2) is 60.7 Å². The third-order valence-electron chi connectivity index (χ3n) is 3.89. The number of carboxylic acids is 1. The van der Waals surface area contributed by atoms with E-state index in [0.717, 1.165) is 11.1 Å². The van der Waals surface area contributed by atoms with E-state index in [4.69, 9.17) is 10.8 Å². The van der Waals surface area contributed by atoms with Gasteiger partial charge < -0.3 is 21.5 Å². The van der Waals surface area contributed by atoms with Crippen LogP contribution in [0.2, 0.25) is 0 Å². The minimum absolute atomic E-state index is 0.0491. The first-order chi connectivity index (χ1) is 13.5. The molecule has 0 aliphatic carbocycles. The zero-order valence-corrected chi connectivity index (χ0v) is 16.0. The molecule has 0 saturated heterocycles. The normalized spacial score (nSPS) is 11.6. The minimum atomic E-state index is -1.16. The maximum absolute atomic E-state index is 12.3. The molecule has 2 aromatic carbocycles. The molecule has 0 fully saturated rings. The number of rotatable bonds is 10. The molecule has 2 amide bonds. The second-order valence-corrected chi connectivity index (χ2v) is 7.11. The summed E-state index contributed by atoms with van der Waals surface area (Å²) in [6.45, 7) is -0.770. The van der Waals surface area contributed by atoms with Crippen LogP contribution in [0.3, 0.4) is 0 Å². The summed E-state index contributed by atoms with van der Waals surface area (Å²) in [6, 6.07) is 18.8. The van der Waals surface area contributed by atoms with Crippen molar-refractivity contribution in [2.75, 3.05) is 18.8 Å². The van der Waals surface area contributed by atoms with Gasteiger partial charge in [-0.3, -0.25) is 14.4 Å². The average molecular weight is 401 g/mol. The maximum Gasteiger partial charge on any atom is 0.322 e. The van der Waals surface area contributed by atoms with E-state index < -0.39 is 30.4 Å². The molecule has 148 valence electrons. The number of hydrogen-bond donors (Lipinski definition) is 4. The largest absolute Gasteiger partial charge is 0.480 e. The Kier molecular flexibility index (Phi) is 8.51. The molecule has 5 N–H and O–H groups in total. The fourth-order valence-electron chi connectivity index (χ4n) is 2.56. The molecule has 28 heavy (non-hydrogen) atoms. The van der Waals surface area contributed by atoms with Gasteiger partial charge >= 0.3 is 5.97 Å². The third-order valence-corrected chi connectivity index (χ3v) is 5.29. The zero-order chi connectivity index (χ0) is 20.4. The minimum Gasteiger partial charge on any atom is -0.480 e. The van der Waals surface area contributed by atoms with Crippen LogP contribution in [-0.2, 0) is 14.4 Å². The third kappa shape index (κ3) is 6.71.